The molecular formula is C20H28N4O3. The fourth-order valence-electron chi connectivity index (χ4n) is 3.31. The van der Waals surface area contributed by atoms with Gasteiger partial charge in [-0.25, -0.2) is 4.98 Å². The molecule has 146 valence electrons. The van der Waals surface area contributed by atoms with Crippen molar-refractivity contribution < 1.29 is 9.53 Å². The van der Waals surface area contributed by atoms with Gasteiger partial charge < -0.3 is 15.0 Å². The van der Waals surface area contributed by atoms with Gasteiger partial charge in [-0.1, -0.05) is 6.42 Å². The fraction of sp³-hybridized carbons (Fsp3) is 0.550. The molecule has 2 heterocycles. The van der Waals surface area contributed by atoms with Crippen LogP contribution in [0.4, 0.5) is 0 Å². The van der Waals surface area contributed by atoms with Gasteiger partial charge in [0.2, 0.25) is 0 Å². The predicted molar refractivity (Wildman–Crippen MR) is 105 cm³/mol. The van der Waals surface area contributed by atoms with E-state index in [9.17, 15) is 9.59 Å². The average Bonchev–Trinajstić information content (AvgIpc) is 2.89. The third-order valence-corrected chi connectivity index (χ3v) is 4.76. The van der Waals surface area contributed by atoms with Crippen molar-refractivity contribution in [3.8, 4) is 5.75 Å². The molecule has 0 radical (unpaired) electrons. The molecule has 1 N–H and O–H groups in total. The standard InChI is InChI=1S/C20H28N4O3/c1-23(2)11-6-10-21-19(25)14-27-15-8-9-17-16(13-15)20(26)24-12-5-3-4-7-18(24)22-17/h8-9,13H,3-7,10-12,14H2,1-2H3,(H,21,25). The molecule has 0 saturated carbocycles. The molecule has 0 saturated heterocycles. The van der Waals surface area contributed by atoms with Gasteiger partial charge in [-0.15, -0.1) is 0 Å². The van der Waals surface area contributed by atoms with Crippen LogP contribution in [0.2, 0.25) is 0 Å². The van der Waals surface area contributed by atoms with Crippen molar-refractivity contribution in [1.82, 2.24) is 19.8 Å². The fourth-order valence-corrected chi connectivity index (χ4v) is 3.31. The number of fused-ring (bicyclic) bond motifs is 2. The number of nitrogens with one attached hydrogen (secondary N) is 1. The third kappa shape index (κ3) is 5.07. The maximum absolute atomic E-state index is 12.8. The normalized spacial score (nSPS) is 14.0. The van der Waals surface area contributed by atoms with E-state index < -0.39 is 0 Å². The third-order valence-electron chi connectivity index (χ3n) is 4.76. The number of aryl methyl sites for hydroxylation is 1. The van der Waals surface area contributed by atoms with Gasteiger partial charge in [0.1, 0.15) is 11.6 Å². The minimum absolute atomic E-state index is 0.0181. The van der Waals surface area contributed by atoms with E-state index in [1.807, 2.05) is 14.1 Å². The van der Waals surface area contributed by atoms with E-state index >= 15 is 0 Å². The van der Waals surface area contributed by atoms with Crippen molar-refractivity contribution >= 4 is 16.8 Å². The van der Waals surface area contributed by atoms with Crippen LogP contribution in [-0.4, -0.2) is 54.1 Å². The molecule has 0 unspecified atom stereocenters. The van der Waals surface area contributed by atoms with Gasteiger partial charge in [0, 0.05) is 19.5 Å². The topological polar surface area (TPSA) is 76.5 Å². The van der Waals surface area contributed by atoms with E-state index in [1.54, 1.807) is 22.8 Å². The van der Waals surface area contributed by atoms with Crippen molar-refractivity contribution in [2.24, 2.45) is 0 Å². The first-order chi connectivity index (χ1) is 13.0. The molecule has 1 aliphatic rings. The summed E-state index contributed by atoms with van der Waals surface area (Å²) in [6.45, 7) is 2.20. The highest BCUT2D eigenvalue weighted by molar-refractivity contribution is 5.80. The lowest BCUT2D eigenvalue weighted by Gasteiger charge is -2.12. The average molecular weight is 372 g/mol. The maximum Gasteiger partial charge on any atom is 0.261 e. The van der Waals surface area contributed by atoms with Crippen LogP contribution in [0.5, 0.6) is 5.75 Å². The Bertz CT molecular complexity index is 860. The second-order valence-corrected chi connectivity index (χ2v) is 7.27. The van der Waals surface area contributed by atoms with Gasteiger partial charge in [0.05, 0.1) is 10.9 Å². The van der Waals surface area contributed by atoms with Crippen molar-refractivity contribution in [2.75, 3.05) is 33.8 Å². The second-order valence-electron chi connectivity index (χ2n) is 7.27. The minimum atomic E-state index is -0.161. The maximum atomic E-state index is 12.8. The van der Waals surface area contributed by atoms with Crippen LogP contribution >= 0.6 is 0 Å². The monoisotopic (exact) mass is 372 g/mol. The summed E-state index contributed by atoms with van der Waals surface area (Å²) >= 11 is 0. The van der Waals surface area contributed by atoms with Crippen LogP contribution < -0.4 is 15.6 Å². The summed E-state index contributed by atoms with van der Waals surface area (Å²) in [6, 6.07) is 5.26. The highest BCUT2D eigenvalue weighted by atomic mass is 16.5. The number of carbonyl (C=O) groups is 1. The summed E-state index contributed by atoms with van der Waals surface area (Å²) < 4.78 is 7.37. The van der Waals surface area contributed by atoms with Gasteiger partial charge in [-0.05, 0) is 58.1 Å². The molecule has 2 aromatic rings. The number of aromatic nitrogens is 2. The quantitative estimate of drug-likeness (QED) is 0.747. The van der Waals surface area contributed by atoms with Gasteiger partial charge in [0.15, 0.2) is 6.61 Å². The van der Waals surface area contributed by atoms with Crippen LogP contribution in [-0.2, 0) is 17.8 Å². The molecule has 0 spiro atoms. The lowest BCUT2D eigenvalue weighted by atomic mass is 10.2. The summed E-state index contributed by atoms with van der Waals surface area (Å²) in [5, 5.41) is 3.38. The second kappa shape index (κ2) is 8.99. The number of carbonyl (C=O) groups excluding carboxylic acids is 1. The summed E-state index contributed by atoms with van der Waals surface area (Å²) in [6.07, 6.45) is 4.93. The Morgan fingerprint density at radius 1 is 1.30 bits per heavy atom. The molecule has 1 aromatic heterocycles. The van der Waals surface area contributed by atoms with E-state index in [-0.39, 0.29) is 18.1 Å². The molecule has 0 bridgehead atoms. The largest absolute Gasteiger partial charge is 0.484 e. The van der Waals surface area contributed by atoms with Crippen LogP contribution in [0.25, 0.3) is 10.9 Å². The lowest BCUT2D eigenvalue weighted by molar-refractivity contribution is -0.123. The first-order valence-corrected chi connectivity index (χ1v) is 9.62. The van der Waals surface area contributed by atoms with Gasteiger partial charge in [-0.3, -0.25) is 14.2 Å². The molecule has 0 atom stereocenters. The Balaban J connectivity index is 1.65. The minimum Gasteiger partial charge on any atom is -0.484 e. The van der Waals surface area contributed by atoms with E-state index in [2.05, 4.69) is 15.2 Å². The predicted octanol–water partition coefficient (Wildman–Crippen LogP) is 1.57. The Hall–Kier alpha value is -2.41. The molecular weight excluding hydrogens is 344 g/mol. The van der Waals surface area contributed by atoms with E-state index in [1.165, 1.54) is 0 Å². The molecule has 1 amide bonds. The number of amides is 1. The van der Waals surface area contributed by atoms with Crippen LogP contribution in [0, 0.1) is 0 Å². The Morgan fingerprint density at radius 3 is 2.96 bits per heavy atom. The summed E-state index contributed by atoms with van der Waals surface area (Å²) in [7, 11) is 4.00. The van der Waals surface area contributed by atoms with E-state index in [0.717, 1.165) is 51.0 Å². The first-order valence-electron chi connectivity index (χ1n) is 9.62. The van der Waals surface area contributed by atoms with Crippen molar-refractivity contribution in [3.05, 3.63) is 34.4 Å². The highest BCUT2D eigenvalue weighted by Crippen LogP contribution is 2.19. The summed E-state index contributed by atoms with van der Waals surface area (Å²) in [5.41, 5.74) is 0.670. The van der Waals surface area contributed by atoms with Crippen LogP contribution in [0.15, 0.2) is 23.0 Å². The lowest BCUT2D eigenvalue weighted by Crippen LogP contribution is -2.31. The Labute approximate surface area is 159 Å². The Kier molecular flexibility index (Phi) is 6.45. The van der Waals surface area contributed by atoms with E-state index in [4.69, 9.17) is 4.74 Å². The molecule has 3 rings (SSSR count). The molecule has 1 aromatic carbocycles. The van der Waals surface area contributed by atoms with Crippen LogP contribution in [0.3, 0.4) is 0 Å². The number of hydrogen-bond donors (Lipinski definition) is 1. The molecule has 7 heteroatoms. The highest BCUT2D eigenvalue weighted by Gasteiger charge is 2.14. The summed E-state index contributed by atoms with van der Waals surface area (Å²) in [5.74, 6) is 1.22. The molecule has 1 aliphatic heterocycles. The zero-order chi connectivity index (χ0) is 19.2. The number of rotatable bonds is 7. The van der Waals surface area contributed by atoms with Gasteiger partial charge in [0.25, 0.3) is 11.5 Å². The molecule has 0 aliphatic carbocycles. The van der Waals surface area contributed by atoms with E-state index in [0.29, 0.717) is 23.2 Å². The number of nitrogens with zero attached hydrogens (tertiary/aromatic N) is 3. The van der Waals surface area contributed by atoms with Gasteiger partial charge in [-0.2, -0.15) is 0 Å². The first kappa shape index (κ1) is 19.4. The van der Waals surface area contributed by atoms with Crippen molar-refractivity contribution in [2.45, 2.75) is 38.6 Å². The number of ether oxygens (including phenoxy) is 1. The van der Waals surface area contributed by atoms with Crippen molar-refractivity contribution in [1.29, 1.82) is 0 Å². The zero-order valence-corrected chi connectivity index (χ0v) is 16.2. The SMILES string of the molecule is CN(C)CCCNC(=O)COc1ccc2nc3n(c(=O)c2c1)CCCCC3. The Morgan fingerprint density at radius 2 is 2.15 bits per heavy atom. The van der Waals surface area contributed by atoms with Crippen LogP contribution in [0.1, 0.15) is 31.5 Å². The van der Waals surface area contributed by atoms with Crippen molar-refractivity contribution in [3.63, 3.8) is 0 Å². The van der Waals surface area contributed by atoms with Gasteiger partial charge >= 0.3 is 0 Å². The number of hydrogen-bond acceptors (Lipinski definition) is 5. The smallest absolute Gasteiger partial charge is 0.261 e. The number of benzene rings is 1. The molecule has 27 heavy (non-hydrogen) atoms. The summed E-state index contributed by atoms with van der Waals surface area (Å²) in [4.78, 5) is 31.5. The molecule has 7 nitrogen and oxygen atoms in total. The zero-order valence-electron chi connectivity index (χ0n) is 16.2. The molecule has 0 fully saturated rings.